The summed E-state index contributed by atoms with van der Waals surface area (Å²) in [6.45, 7) is 5.74. The highest BCUT2D eigenvalue weighted by atomic mass is 32.2. The van der Waals surface area contributed by atoms with Gasteiger partial charge in [-0.2, -0.15) is 0 Å². The van der Waals surface area contributed by atoms with E-state index in [9.17, 15) is 13.2 Å². The minimum Gasteiger partial charge on any atom is -0.468 e. The van der Waals surface area contributed by atoms with Crippen LogP contribution in [-0.4, -0.2) is 46.7 Å². The third-order valence-electron chi connectivity index (χ3n) is 5.57. The number of carbonyl (C=O) groups excluding carboxylic acids is 1. The molecule has 8 heteroatoms. The van der Waals surface area contributed by atoms with Crippen molar-refractivity contribution >= 4 is 27.4 Å². The molecule has 0 amide bonds. The van der Waals surface area contributed by atoms with Crippen molar-refractivity contribution in [2.45, 2.75) is 43.7 Å². The number of nitrogens with one attached hydrogen (secondary N) is 2. The van der Waals surface area contributed by atoms with Crippen LogP contribution in [0, 0.1) is 5.92 Å². The van der Waals surface area contributed by atoms with Gasteiger partial charge < -0.3 is 15.0 Å². The van der Waals surface area contributed by atoms with Crippen LogP contribution in [0.3, 0.4) is 0 Å². The van der Waals surface area contributed by atoms with E-state index in [1.165, 1.54) is 7.11 Å². The summed E-state index contributed by atoms with van der Waals surface area (Å²) in [5.41, 5.74) is 1.58. The van der Waals surface area contributed by atoms with Crippen molar-refractivity contribution < 1.29 is 17.9 Å². The van der Waals surface area contributed by atoms with Crippen LogP contribution in [0.2, 0.25) is 0 Å². The molecule has 7 nitrogen and oxygen atoms in total. The van der Waals surface area contributed by atoms with Crippen LogP contribution in [0.5, 0.6) is 0 Å². The average molecular weight is 446 g/mol. The standard InChI is InChI=1S/C23H31N3O4S/c1-17(2)22(23(27)30-3)24-18-13-15-26(16-14-18)20-11-9-19(10-12-20)25-31(28,29)21-7-5-4-6-8-21/h4-12,17-18,22,24-25H,13-16H2,1-3H3/t22-/m0/s1. The highest BCUT2D eigenvalue weighted by Crippen LogP contribution is 2.24. The van der Waals surface area contributed by atoms with Crippen molar-refractivity contribution in [2.24, 2.45) is 5.92 Å². The molecule has 168 valence electrons. The van der Waals surface area contributed by atoms with E-state index >= 15 is 0 Å². The van der Waals surface area contributed by atoms with Crippen molar-refractivity contribution in [3.05, 3.63) is 54.6 Å². The molecule has 0 bridgehead atoms. The van der Waals surface area contributed by atoms with Crippen LogP contribution < -0.4 is 14.9 Å². The zero-order valence-corrected chi connectivity index (χ0v) is 19.1. The number of hydrogen-bond donors (Lipinski definition) is 2. The lowest BCUT2D eigenvalue weighted by Gasteiger charge is -2.36. The van der Waals surface area contributed by atoms with E-state index in [1.807, 2.05) is 26.0 Å². The lowest BCUT2D eigenvalue weighted by atomic mass is 9.99. The molecular weight excluding hydrogens is 414 g/mol. The molecule has 31 heavy (non-hydrogen) atoms. The van der Waals surface area contributed by atoms with E-state index in [0.717, 1.165) is 31.6 Å². The molecule has 1 aliphatic heterocycles. The van der Waals surface area contributed by atoms with E-state index in [1.54, 1.807) is 42.5 Å². The van der Waals surface area contributed by atoms with Crippen molar-refractivity contribution in [2.75, 3.05) is 29.8 Å². The summed E-state index contributed by atoms with van der Waals surface area (Å²) >= 11 is 0. The molecule has 1 fully saturated rings. The first-order chi connectivity index (χ1) is 14.8. The van der Waals surface area contributed by atoms with Gasteiger partial charge in [-0.05, 0) is 55.2 Å². The Labute approximate surface area is 184 Å². The van der Waals surface area contributed by atoms with E-state index in [2.05, 4.69) is 14.9 Å². The molecule has 2 aromatic carbocycles. The van der Waals surface area contributed by atoms with E-state index in [0.29, 0.717) is 5.69 Å². The first kappa shape index (κ1) is 23.1. The van der Waals surface area contributed by atoms with Gasteiger partial charge in [0.25, 0.3) is 10.0 Å². The van der Waals surface area contributed by atoms with Gasteiger partial charge in [0.15, 0.2) is 0 Å². The number of hydrogen-bond acceptors (Lipinski definition) is 6. The number of piperidine rings is 1. The molecule has 2 N–H and O–H groups in total. The van der Waals surface area contributed by atoms with E-state index in [4.69, 9.17) is 4.74 Å². The number of methoxy groups -OCH3 is 1. The largest absolute Gasteiger partial charge is 0.468 e. The number of anilines is 2. The smallest absolute Gasteiger partial charge is 0.323 e. The highest BCUT2D eigenvalue weighted by molar-refractivity contribution is 7.92. The second-order valence-corrected chi connectivity index (χ2v) is 9.82. The van der Waals surface area contributed by atoms with Crippen LogP contribution in [0.1, 0.15) is 26.7 Å². The number of benzene rings is 2. The second kappa shape index (κ2) is 10.2. The van der Waals surface area contributed by atoms with Crippen LogP contribution >= 0.6 is 0 Å². The molecule has 0 unspecified atom stereocenters. The maximum absolute atomic E-state index is 12.5. The minimum absolute atomic E-state index is 0.165. The van der Waals surface area contributed by atoms with Crippen LogP contribution in [-0.2, 0) is 19.6 Å². The Morgan fingerprint density at radius 1 is 1.03 bits per heavy atom. The van der Waals surface area contributed by atoms with Crippen molar-refractivity contribution in [3.8, 4) is 0 Å². The molecule has 0 aromatic heterocycles. The first-order valence-corrected chi connectivity index (χ1v) is 12.0. The van der Waals surface area contributed by atoms with Gasteiger partial charge in [0, 0.05) is 30.5 Å². The summed E-state index contributed by atoms with van der Waals surface area (Å²) < 4.78 is 32.5. The molecule has 0 spiro atoms. The Kier molecular flexibility index (Phi) is 7.56. The summed E-state index contributed by atoms with van der Waals surface area (Å²) in [7, 11) is -2.17. The van der Waals surface area contributed by atoms with Crippen LogP contribution in [0.15, 0.2) is 59.5 Å². The number of carbonyl (C=O) groups is 1. The van der Waals surface area contributed by atoms with Gasteiger partial charge in [-0.15, -0.1) is 0 Å². The molecule has 2 aromatic rings. The SMILES string of the molecule is COC(=O)[C@@H](NC1CCN(c2ccc(NS(=O)(=O)c3ccccc3)cc2)CC1)C(C)C. The molecule has 1 aliphatic rings. The van der Waals surface area contributed by atoms with Gasteiger partial charge in [-0.1, -0.05) is 32.0 Å². The number of rotatable bonds is 8. The Balaban J connectivity index is 1.56. The summed E-state index contributed by atoms with van der Waals surface area (Å²) in [5, 5.41) is 3.45. The summed E-state index contributed by atoms with van der Waals surface area (Å²) in [6, 6.07) is 15.7. The molecule has 0 saturated carbocycles. The summed E-state index contributed by atoms with van der Waals surface area (Å²) in [4.78, 5) is 14.5. The molecule has 1 saturated heterocycles. The van der Waals surface area contributed by atoms with Gasteiger partial charge in [-0.3, -0.25) is 9.52 Å². The normalized spacial score (nSPS) is 16.2. The Morgan fingerprint density at radius 3 is 2.19 bits per heavy atom. The zero-order chi connectivity index (χ0) is 22.4. The topological polar surface area (TPSA) is 87.7 Å². The molecule has 1 atom stereocenters. The highest BCUT2D eigenvalue weighted by Gasteiger charge is 2.28. The Hall–Kier alpha value is -2.58. The number of esters is 1. The molecular formula is C23H31N3O4S. The fourth-order valence-corrected chi connectivity index (χ4v) is 4.85. The predicted octanol–water partition coefficient (Wildman–Crippen LogP) is 3.24. The summed E-state index contributed by atoms with van der Waals surface area (Å²) in [5.74, 6) is -0.0522. The fourth-order valence-electron chi connectivity index (χ4n) is 3.77. The van der Waals surface area contributed by atoms with Crippen LogP contribution in [0.4, 0.5) is 11.4 Å². The zero-order valence-electron chi connectivity index (χ0n) is 18.2. The number of sulfonamides is 1. The van der Waals surface area contributed by atoms with Crippen LogP contribution in [0.25, 0.3) is 0 Å². The lowest BCUT2D eigenvalue weighted by molar-refractivity contribution is -0.144. The van der Waals surface area contributed by atoms with Crippen molar-refractivity contribution in [1.29, 1.82) is 0 Å². The van der Waals surface area contributed by atoms with Crippen molar-refractivity contribution in [1.82, 2.24) is 5.32 Å². The molecule has 0 aliphatic carbocycles. The van der Waals surface area contributed by atoms with Gasteiger partial charge >= 0.3 is 5.97 Å². The van der Waals surface area contributed by atoms with Gasteiger partial charge in [0.05, 0.1) is 12.0 Å². The lowest BCUT2D eigenvalue weighted by Crippen LogP contribution is -2.51. The average Bonchev–Trinajstić information content (AvgIpc) is 2.78. The summed E-state index contributed by atoms with van der Waals surface area (Å²) in [6.07, 6.45) is 1.84. The van der Waals surface area contributed by atoms with Gasteiger partial charge in [0.1, 0.15) is 6.04 Å². The molecule has 1 heterocycles. The third kappa shape index (κ3) is 5.98. The monoisotopic (exact) mass is 445 g/mol. The Morgan fingerprint density at radius 2 is 1.65 bits per heavy atom. The molecule has 0 radical (unpaired) electrons. The molecule has 3 rings (SSSR count). The predicted molar refractivity (Wildman–Crippen MR) is 123 cm³/mol. The van der Waals surface area contributed by atoms with Crippen molar-refractivity contribution in [3.63, 3.8) is 0 Å². The Bertz CT molecular complexity index is 954. The maximum Gasteiger partial charge on any atom is 0.323 e. The van der Waals surface area contributed by atoms with Gasteiger partial charge in [0.2, 0.25) is 0 Å². The second-order valence-electron chi connectivity index (χ2n) is 8.14. The third-order valence-corrected chi connectivity index (χ3v) is 6.97. The van der Waals surface area contributed by atoms with E-state index < -0.39 is 10.0 Å². The maximum atomic E-state index is 12.5. The van der Waals surface area contributed by atoms with E-state index in [-0.39, 0.29) is 28.9 Å². The fraction of sp³-hybridized carbons (Fsp3) is 0.435. The van der Waals surface area contributed by atoms with Gasteiger partial charge in [-0.25, -0.2) is 8.42 Å². The minimum atomic E-state index is -3.60. The first-order valence-electron chi connectivity index (χ1n) is 10.6. The number of ether oxygens (including phenoxy) is 1. The number of nitrogens with zero attached hydrogens (tertiary/aromatic N) is 1. The quantitative estimate of drug-likeness (QED) is 0.607.